The molecule has 4 aliphatic heterocycles. The van der Waals surface area contributed by atoms with E-state index in [0.29, 0.717) is 37.6 Å². The molecule has 0 aromatic heterocycles. The van der Waals surface area contributed by atoms with E-state index in [1.807, 2.05) is 88.4 Å². The Labute approximate surface area is 606 Å². The average Bonchev–Trinajstić information content (AvgIpc) is 0.907. The maximum atomic E-state index is 14.1. The first kappa shape index (κ1) is 78.7. The van der Waals surface area contributed by atoms with Gasteiger partial charge in [-0.1, -0.05) is 143 Å². The summed E-state index contributed by atoms with van der Waals surface area (Å²) in [6.45, 7) is 8.50. The lowest BCUT2D eigenvalue weighted by molar-refractivity contribution is -0.0909. The number of para-hydroxylation sites is 3. The van der Waals surface area contributed by atoms with Crippen molar-refractivity contribution >= 4 is 47.4 Å². The Morgan fingerprint density at radius 3 is 1.18 bits per heavy atom. The van der Waals surface area contributed by atoms with Crippen LogP contribution in [-0.2, 0) is 70.4 Å². The van der Waals surface area contributed by atoms with Crippen LogP contribution in [0.5, 0.6) is 28.7 Å². The maximum Gasteiger partial charge on any atom is 0.468 e. The highest BCUT2D eigenvalue weighted by atomic mass is 32.2. The van der Waals surface area contributed by atoms with Crippen LogP contribution in [0.4, 0.5) is 9.59 Å². The van der Waals surface area contributed by atoms with Crippen molar-refractivity contribution in [2.24, 2.45) is 23.7 Å². The fraction of sp³-hybridized carbons (Fsp3) is 0.405. The van der Waals surface area contributed by atoms with Gasteiger partial charge < -0.3 is 77.2 Å². The summed E-state index contributed by atoms with van der Waals surface area (Å²) in [7, 11) is -16.4. The maximum absolute atomic E-state index is 14.1. The van der Waals surface area contributed by atoms with Crippen molar-refractivity contribution in [3.8, 4) is 28.7 Å². The minimum Gasteiger partial charge on any atom is -0.480 e. The fourth-order valence-electron chi connectivity index (χ4n) is 12.1. The molecule has 4 fully saturated rings. The Kier molecular flexibility index (Phi) is 27.9. The lowest BCUT2D eigenvalue weighted by Crippen LogP contribution is -2.51. The second kappa shape index (κ2) is 36.9. The molecule has 4 saturated heterocycles. The molecule has 2 amide bonds. The summed E-state index contributed by atoms with van der Waals surface area (Å²) < 4.78 is 146. The van der Waals surface area contributed by atoms with Gasteiger partial charge in [0.25, 0.3) is 0 Å². The van der Waals surface area contributed by atoms with Gasteiger partial charge in [0.1, 0.15) is 41.0 Å². The van der Waals surface area contributed by atoms with Gasteiger partial charge in [-0.25, -0.2) is 35.6 Å². The number of fused-ring (bicyclic) bond motifs is 2. The summed E-state index contributed by atoms with van der Waals surface area (Å²) in [5.74, 6) is 0.945. The average molecular weight is 1510 g/mol. The smallest absolute Gasteiger partial charge is 0.468 e. The highest BCUT2D eigenvalue weighted by molar-refractivity contribution is 7.89. The van der Waals surface area contributed by atoms with E-state index in [2.05, 4.69) is 10.6 Å². The van der Waals surface area contributed by atoms with E-state index in [0.717, 1.165) is 11.1 Å². The van der Waals surface area contributed by atoms with E-state index >= 15 is 0 Å². The van der Waals surface area contributed by atoms with E-state index in [-0.39, 0.29) is 103 Å². The van der Waals surface area contributed by atoms with Crippen molar-refractivity contribution in [2.45, 2.75) is 112 Å². The third-order valence-corrected chi connectivity index (χ3v) is 23.3. The number of ether oxygens (including phenoxy) is 8. The zero-order valence-electron chi connectivity index (χ0n) is 58.1. The molecule has 4 aliphatic rings. The molecule has 4 heterocycles. The molecule has 7 aromatic carbocycles. The number of sulfonamides is 2. The number of benzene rings is 7. The fourth-order valence-corrected chi connectivity index (χ4v) is 17.5. The number of carbonyl (C=O) groups excluding carboxylic acids is 2. The summed E-state index contributed by atoms with van der Waals surface area (Å²) in [6.07, 6.45) is -5.14. The van der Waals surface area contributed by atoms with Gasteiger partial charge in [-0.2, -0.15) is 8.61 Å². The molecule has 26 nitrogen and oxygen atoms in total. The first-order valence-electron chi connectivity index (χ1n) is 34.3. The van der Waals surface area contributed by atoms with E-state index in [1.54, 1.807) is 91.0 Å². The summed E-state index contributed by atoms with van der Waals surface area (Å²) in [5.41, 5.74) is 1.66. The van der Waals surface area contributed by atoms with E-state index in [4.69, 9.17) is 51.5 Å². The molecule has 7 aromatic rings. The molecular formula is C74H90N4O22P2S2. The van der Waals surface area contributed by atoms with Crippen LogP contribution in [0.15, 0.2) is 210 Å². The minimum absolute atomic E-state index is 0.0431. The van der Waals surface area contributed by atoms with Gasteiger partial charge in [0.05, 0.1) is 72.3 Å². The van der Waals surface area contributed by atoms with Gasteiger partial charge in [0.15, 0.2) is 18.9 Å². The number of carbonyl (C=O) groups is 2. The molecule has 0 saturated carbocycles. The first-order chi connectivity index (χ1) is 49.9. The van der Waals surface area contributed by atoms with E-state index in [9.17, 15) is 50.7 Å². The predicted molar refractivity (Wildman–Crippen MR) is 384 cm³/mol. The van der Waals surface area contributed by atoms with Crippen LogP contribution < -0.4 is 33.7 Å². The van der Waals surface area contributed by atoms with Crippen molar-refractivity contribution < 1.29 is 102 Å². The zero-order valence-corrected chi connectivity index (χ0v) is 61.5. The van der Waals surface area contributed by atoms with Crippen molar-refractivity contribution in [3.63, 3.8) is 0 Å². The molecule has 11 atom stereocenters. The number of hydrogen-bond donors (Lipinski definition) is 5. The Hall–Kier alpha value is -7.92. The Morgan fingerprint density at radius 2 is 0.817 bits per heavy atom. The second-order valence-electron chi connectivity index (χ2n) is 26.3. The van der Waals surface area contributed by atoms with Gasteiger partial charge in [-0.05, 0) is 134 Å². The molecule has 0 bridgehead atoms. The van der Waals surface area contributed by atoms with Crippen LogP contribution >= 0.6 is 15.2 Å². The number of hydrogen-bond acceptors (Lipinski definition) is 21. The molecule has 0 radical (unpaired) electrons. The molecular weight excluding hydrogens is 1420 g/mol. The predicted octanol–water partition coefficient (Wildman–Crippen LogP) is 10.9. The van der Waals surface area contributed by atoms with Crippen LogP contribution in [0.1, 0.15) is 51.7 Å². The summed E-state index contributed by atoms with van der Waals surface area (Å²) in [6, 6.07) is 53.1. The molecule has 11 rings (SSSR count). The third kappa shape index (κ3) is 22.8. The monoisotopic (exact) mass is 1510 g/mol. The van der Waals surface area contributed by atoms with Crippen molar-refractivity contribution in [2.75, 3.05) is 65.3 Å². The lowest BCUT2D eigenvalue weighted by Gasteiger charge is -2.31. The van der Waals surface area contributed by atoms with Crippen LogP contribution in [0.25, 0.3) is 0 Å². The summed E-state index contributed by atoms with van der Waals surface area (Å²) in [4.78, 5) is 36.4. The Morgan fingerprint density at radius 1 is 0.471 bits per heavy atom. The number of rotatable bonds is 34. The molecule has 1 unspecified atom stereocenters. The van der Waals surface area contributed by atoms with Gasteiger partial charge in [0.2, 0.25) is 26.4 Å². The van der Waals surface area contributed by atoms with Gasteiger partial charge in [0, 0.05) is 26.2 Å². The standard InChI is InChI=1S/C40H47N2O11PS.C34H43N2O11PS/c1-29(2)25-42(26-37(43)36(24-30-12-6-3-7-13-30)41-40(44)51-38-27-49-39-35(38)22-23-48-39)55(46,47)34-20-18-31(19-21-34)50-28-54(45,52-32-14-8-4-9-15-32)53-33-16-10-5-11-17-33;1-24(2)20-36(49(41,42)28-15-13-26(14-16-28)45-23-48(39,40)47-27-11-7-4-8-12-27)21-31(37)30(19-25-9-5-3-6-10-25)35-34(38)46-32-22-44-33-29(32)17-18-43-33/h3-21,29,35-39,43H,22-28H2,1-2H3,(H,41,44);3-16,24,29-33,37H,17-23H2,1-2H3,(H,35,38)(H,39,40)/t35-,36-,37+,38-,39+;29-,30-,31+,32-,33+/m00/s1. The molecule has 104 heavy (non-hydrogen) atoms. The molecule has 0 spiro atoms. The normalized spacial score (nSPS) is 20.4. The quantitative estimate of drug-likeness (QED) is 0.0234. The molecule has 5 N–H and O–H groups in total. The topological polar surface area (TPSA) is 329 Å². The number of nitrogens with one attached hydrogen (secondary N) is 2. The third-order valence-electron chi connectivity index (χ3n) is 17.2. The van der Waals surface area contributed by atoms with Crippen LogP contribution in [0, 0.1) is 23.7 Å². The van der Waals surface area contributed by atoms with E-state index < -0.39 is 109 Å². The zero-order chi connectivity index (χ0) is 73.9. The van der Waals surface area contributed by atoms with Crippen molar-refractivity contribution in [1.29, 1.82) is 0 Å². The Bertz CT molecular complexity index is 4120. The van der Waals surface area contributed by atoms with Crippen LogP contribution in [0.2, 0.25) is 0 Å². The SMILES string of the molecule is CC(C)CN(C[C@@H](O)[C@H](Cc1ccccc1)NC(=O)O[C@H]1CO[C@H]2OCC[C@H]21)S(=O)(=O)c1ccc(OCP(=O)(O)Oc2ccccc2)cc1.CC(C)CN(C[C@@H](O)[C@H](Cc1ccccc1)NC(=O)O[C@H]1CO[C@H]2OCC[C@H]21)S(=O)(=O)c1ccc(OCP(=O)(Oc2ccccc2)Oc2ccccc2)cc1. The summed E-state index contributed by atoms with van der Waals surface area (Å²) >= 11 is 0. The summed E-state index contributed by atoms with van der Waals surface area (Å²) in [5, 5.41) is 28.7. The van der Waals surface area contributed by atoms with Crippen molar-refractivity contribution in [1.82, 2.24) is 19.2 Å². The Balaban J connectivity index is 0.000000225. The number of nitrogens with zero attached hydrogens (tertiary/aromatic N) is 2. The second-order valence-corrected chi connectivity index (χ2v) is 33.8. The van der Waals surface area contributed by atoms with E-state index in [1.165, 1.54) is 57.1 Å². The van der Waals surface area contributed by atoms with Crippen LogP contribution in [-0.4, -0.2) is 167 Å². The van der Waals surface area contributed by atoms with Gasteiger partial charge in [-0.15, -0.1) is 0 Å². The molecule has 30 heteroatoms. The van der Waals surface area contributed by atoms with Gasteiger partial charge in [-0.3, -0.25) is 0 Å². The number of amides is 2. The molecule has 560 valence electrons. The number of aliphatic hydroxyl groups excluding tert-OH is 2. The van der Waals surface area contributed by atoms with Gasteiger partial charge >= 0.3 is 27.4 Å². The first-order valence-corrected chi connectivity index (χ1v) is 40.7. The largest absolute Gasteiger partial charge is 0.480 e. The molecule has 0 aliphatic carbocycles. The highest BCUT2D eigenvalue weighted by Crippen LogP contribution is 2.49. The number of aliphatic hydroxyl groups is 2. The number of alkyl carbamates (subject to hydrolysis) is 2. The lowest BCUT2D eigenvalue weighted by atomic mass is 10.0. The van der Waals surface area contributed by atoms with Crippen molar-refractivity contribution in [3.05, 3.63) is 211 Å². The minimum atomic E-state index is -4.16. The van der Waals surface area contributed by atoms with Crippen LogP contribution in [0.3, 0.4) is 0 Å². The highest BCUT2D eigenvalue weighted by Gasteiger charge is 2.46.